The first-order chi connectivity index (χ1) is 19.4. The Balaban J connectivity index is 1.31. The molecular formula is C30H31N7O4. The summed E-state index contributed by atoms with van der Waals surface area (Å²) in [5.74, 6) is 0.431. The minimum absolute atomic E-state index is 0.0554. The number of aliphatic imine (C=N–C) groups is 1. The zero-order chi connectivity index (χ0) is 29.4. The average molecular weight is 554 g/mol. The Morgan fingerprint density at radius 2 is 2.02 bits per heavy atom. The summed E-state index contributed by atoms with van der Waals surface area (Å²) in [4.78, 5) is 35.1. The molecule has 0 spiro atoms. The number of dihydropyridines is 1. The molecule has 210 valence electrons. The lowest BCUT2D eigenvalue weighted by molar-refractivity contribution is -0.117. The van der Waals surface area contributed by atoms with Crippen LogP contribution in [0, 0.1) is 11.3 Å². The minimum Gasteiger partial charge on any atom is -0.489 e. The highest BCUT2D eigenvalue weighted by atomic mass is 16.5. The largest absolute Gasteiger partial charge is 0.489 e. The number of piperidine rings is 1. The second kappa shape index (κ2) is 10.6. The molecule has 0 unspecified atom stereocenters. The van der Waals surface area contributed by atoms with Crippen molar-refractivity contribution in [3.8, 4) is 22.9 Å². The van der Waals surface area contributed by atoms with Crippen molar-refractivity contribution < 1.29 is 19.4 Å². The molecule has 2 amide bonds. The number of carbonyl (C=O) groups is 2. The van der Waals surface area contributed by atoms with E-state index in [-0.39, 0.29) is 12.3 Å². The summed E-state index contributed by atoms with van der Waals surface area (Å²) in [6.45, 7) is 10.5. The van der Waals surface area contributed by atoms with Gasteiger partial charge in [-0.2, -0.15) is 10.4 Å². The van der Waals surface area contributed by atoms with Crippen molar-refractivity contribution in [3.63, 3.8) is 0 Å². The number of nitrogens with zero attached hydrogens (tertiary/aromatic N) is 6. The first-order valence-electron chi connectivity index (χ1n) is 13.3. The third-order valence-electron chi connectivity index (χ3n) is 7.13. The molecule has 0 radical (unpaired) electrons. The lowest BCUT2D eigenvalue weighted by Crippen LogP contribution is -2.55. The van der Waals surface area contributed by atoms with Crippen LogP contribution in [0.4, 0.5) is 5.82 Å². The number of amides is 2. The smallest absolute Gasteiger partial charge is 0.271 e. The van der Waals surface area contributed by atoms with Gasteiger partial charge >= 0.3 is 0 Å². The number of nitriles is 1. The number of ether oxygens (including phenoxy) is 1. The van der Waals surface area contributed by atoms with Crippen LogP contribution in [0.3, 0.4) is 0 Å². The maximum absolute atomic E-state index is 12.8. The third-order valence-corrected chi connectivity index (χ3v) is 7.13. The summed E-state index contributed by atoms with van der Waals surface area (Å²) in [5, 5.41) is 27.1. The number of hydrogen-bond donors (Lipinski definition) is 2. The molecule has 2 N–H and O–H groups in total. The predicted octanol–water partition coefficient (Wildman–Crippen LogP) is 2.99. The zero-order valence-corrected chi connectivity index (χ0v) is 23.2. The van der Waals surface area contributed by atoms with Gasteiger partial charge in [-0.15, -0.1) is 0 Å². The number of allylic oxidation sites excluding steroid dienone is 1. The number of pyridine rings is 2. The molecule has 11 nitrogen and oxygen atoms in total. The van der Waals surface area contributed by atoms with Gasteiger partial charge in [-0.3, -0.25) is 9.59 Å². The second-order valence-corrected chi connectivity index (χ2v) is 11.2. The van der Waals surface area contributed by atoms with E-state index in [1.807, 2.05) is 25.1 Å². The maximum Gasteiger partial charge on any atom is 0.271 e. The van der Waals surface area contributed by atoms with Gasteiger partial charge in [0, 0.05) is 42.0 Å². The molecule has 2 aliphatic rings. The van der Waals surface area contributed by atoms with Gasteiger partial charge in [0.1, 0.15) is 30.0 Å². The summed E-state index contributed by atoms with van der Waals surface area (Å²) in [7, 11) is 0. The topological polar surface area (TPSA) is 145 Å². The van der Waals surface area contributed by atoms with Crippen LogP contribution in [-0.2, 0) is 9.59 Å². The van der Waals surface area contributed by atoms with Crippen LogP contribution >= 0.6 is 0 Å². The maximum atomic E-state index is 12.8. The van der Waals surface area contributed by atoms with Crippen molar-refractivity contribution >= 4 is 28.9 Å². The number of carbonyl (C=O) groups excluding carboxylic acids is 2. The van der Waals surface area contributed by atoms with Crippen molar-refractivity contribution in [3.05, 3.63) is 66.7 Å². The molecule has 0 atom stereocenters. The SMILES string of the molecule is C=C1C=CC(=O)N=C1C(=O)NC1(C)CCN(c2ccc(-c3cc(OCC(C)(C)O)cn4ncc(C#N)c34)cn2)CC1. The van der Waals surface area contributed by atoms with Gasteiger partial charge in [-0.25, -0.2) is 14.5 Å². The van der Waals surface area contributed by atoms with E-state index in [1.54, 1.807) is 30.8 Å². The number of hydrogen-bond acceptors (Lipinski definition) is 8. The van der Waals surface area contributed by atoms with E-state index in [1.165, 1.54) is 18.3 Å². The quantitative estimate of drug-likeness (QED) is 0.454. The molecule has 0 aromatic carbocycles. The second-order valence-electron chi connectivity index (χ2n) is 11.2. The minimum atomic E-state index is -1.01. The summed E-state index contributed by atoms with van der Waals surface area (Å²) in [6.07, 6.45) is 9.09. The van der Waals surface area contributed by atoms with Gasteiger partial charge in [0.2, 0.25) is 0 Å². The number of rotatable bonds is 7. The Bertz CT molecular complexity index is 1630. The van der Waals surface area contributed by atoms with Crippen LogP contribution < -0.4 is 15.0 Å². The standard InChI is InChI=1S/C30H31N7O4/c1-19-5-8-25(38)34-26(19)28(39)35-30(4)9-11-36(12-10-30)24-7-6-20(15-32-24)23-13-22(41-18-29(2,3)40)17-37-27(23)21(14-31)16-33-37/h5-8,13,15-17,40H,1,9-12,18H2,2-4H3,(H,35,39). The Hall–Kier alpha value is -4.82. The van der Waals surface area contributed by atoms with Gasteiger partial charge in [0.05, 0.1) is 29.1 Å². The predicted molar refractivity (Wildman–Crippen MR) is 154 cm³/mol. The van der Waals surface area contributed by atoms with Gasteiger partial charge < -0.3 is 20.1 Å². The molecule has 41 heavy (non-hydrogen) atoms. The number of nitrogens with one attached hydrogen (secondary N) is 1. The molecule has 2 aliphatic heterocycles. The highest BCUT2D eigenvalue weighted by molar-refractivity contribution is 6.48. The Labute approximate surface area is 237 Å². The lowest BCUT2D eigenvalue weighted by Gasteiger charge is -2.40. The van der Waals surface area contributed by atoms with Gasteiger partial charge in [-0.1, -0.05) is 6.58 Å². The van der Waals surface area contributed by atoms with Crippen molar-refractivity contribution in [2.75, 3.05) is 24.6 Å². The van der Waals surface area contributed by atoms with Crippen LogP contribution in [0.15, 0.2) is 66.1 Å². The first-order valence-corrected chi connectivity index (χ1v) is 13.3. The fraction of sp³-hybridized carbons (Fsp3) is 0.333. The van der Waals surface area contributed by atoms with E-state index >= 15 is 0 Å². The molecule has 11 heteroatoms. The summed E-state index contributed by atoms with van der Waals surface area (Å²) in [5.41, 5.74) is 1.59. The monoisotopic (exact) mass is 553 g/mol. The van der Waals surface area contributed by atoms with E-state index in [4.69, 9.17) is 9.72 Å². The normalized spacial score (nSPS) is 16.9. The molecule has 1 saturated heterocycles. The number of aliphatic hydroxyl groups is 1. The Kier molecular flexibility index (Phi) is 7.19. The van der Waals surface area contributed by atoms with Gasteiger partial charge in [0.15, 0.2) is 0 Å². The fourth-order valence-corrected chi connectivity index (χ4v) is 4.82. The van der Waals surface area contributed by atoms with E-state index in [0.717, 1.165) is 16.9 Å². The van der Waals surface area contributed by atoms with Crippen LogP contribution in [0.2, 0.25) is 0 Å². The van der Waals surface area contributed by atoms with Crippen molar-refractivity contribution in [2.45, 2.75) is 44.8 Å². The Morgan fingerprint density at radius 1 is 1.27 bits per heavy atom. The van der Waals surface area contributed by atoms with Gasteiger partial charge in [-0.05, 0) is 63.5 Å². The number of anilines is 1. The highest BCUT2D eigenvalue weighted by Crippen LogP contribution is 2.32. The molecule has 5 heterocycles. The van der Waals surface area contributed by atoms with Crippen molar-refractivity contribution in [1.29, 1.82) is 5.26 Å². The van der Waals surface area contributed by atoms with E-state index < -0.39 is 23.0 Å². The molecule has 0 aliphatic carbocycles. The summed E-state index contributed by atoms with van der Waals surface area (Å²) < 4.78 is 7.41. The van der Waals surface area contributed by atoms with Crippen LogP contribution in [0.25, 0.3) is 16.6 Å². The van der Waals surface area contributed by atoms with Crippen molar-refractivity contribution in [1.82, 2.24) is 19.9 Å². The average Bonchev–Trinajstić information content (AvgIpc) is 3.36. The first kappa shape index (κ1) is 27.7. The number of aromatic nitrogens is 3. The highest BCUT2D eigenvalue weighted by Gasteiger charge is 2.34. The van der Waals surface area contributed by atoms with E-state index in [0.29, 0.717) is 48.3 Å². The molecule has 1 fully saturated rings. The van der Waals surface area contributed by atoms with Gasteiger partial charge in [0.25, 0.3) is 11.8 Å². The van der Waals surface area contributed by atoms with Crippen molar-refractivity contribution in [2.24, 2.45) is 4.99 Å². The third kappa shape index (κ3) is 6.02. The molecule has 5 rings (SSSR count). The lowest BCUT2D eigenvalue weighted by atomic mass is 9.89. The zero-order valence-electron chi connectivity index (χ0n) is 23.2. The van der Waals surface area contributed by atoms with E-state index in [9.17, 15) is 20.0 Å². The number of fused-ring (bicyclic) bond motifs is 1. The molecule has 3 aromatic heterocycles. The summed E-state index contributed by atoms with van der Waals surface area (Å²) in [6, 6.07) is 7.89. The molecular weight excluding hydrogens is 522 g/mol. The van der Waals surface area contributed by atoms with Crippen LogP contribution in [-0.4, -0.2) is 68.1 Å². The van der Waals surface area contributed by atoms with Crippen LogP contribution in [0.5, 0.6) is 5.75 Å². The Morgan fingerprint density at radius 3 is 2.68 bits per heavy atom. The van der Waals surface area contributed by atoms with E-state index in [2.05, 4.69) is 33.0 Å². The van der Waals surface area contributed by atoms with Crippen LogP contribution in [0.1, 0.15) is 39.2 Å². The summed E-state index contributed by atoms with van der Waals surface area (Å²) >= 11 is 0. The molecule has 3 aromatic rings. The molecule has 0 bridgehead atoms. The fourth-order valence-electron chi connectivity index (χ4n) is 4.82. The molecule has 0 saturated carbocycles.